The van der Waals surface area contributed by atoms with Gasteiger partial charge in [0.15, 0.2) is 0 Å². The maximum atomic E-state index is 13.6. The molecule has 2 aromatic carbocycles. The topological polar surface area (TPSA) is 55.2 Å². The third kappa shape index (κ3) is 3.68. The Morgan fingerprint density at radius 3 is 2.57 bits per heavy atom. The summed E-state index contributed by atoms with van der Waals surface area (Å²) in [6.07, 6.45) is 0. The van der Waals surface area contributed by atoms with Crippen molar-refractivity contribution < 1.29 is 13.7 Å². The van der Waals surface area contributed by atoms with Crippen LogP contribution in [0.25, 0.3) is 0 Å². The molecule has 4 nitrogen and oxygen atoms in total. The van der Waals surface area contributed by atoms with Crippen molar-refractivity contribution >= 4 is 38.9 Å². The Hall–Kier alpha value is -1.73. The van der Waals surface area contributed by atoms with Gasteiger partial charge in [-0.3, -0.25) is 10.1 Å². The van der Waals surface area contributed by atoms with Gasteiger partial charge in [-0.15, -0.1) is 0 Å². The number of nitro benzene ring substituents is 1. The third-order valence-electron chi connectivity index (χ3n) is 2.70. The van der Waals surface area contributed by atoms with E-state index in [9.17, 15) is 18.9 Å². The monoisotopic (exact) mass is 376 g/mol. The number of benzene rings is 2. The van der Waals surface area contributed by atoms with Crippen LogP contribution in [0.5, 0.6) is 0 Å². The molecule has 21 heavy (non-hydrogen) atoms. The molecule has 110 valence electrons. The average molecular weight is 378 g/mol. The van der Waals surface area contributed by atoms with Crippen LogP contribution in [0.3, 0.4) is 0 Å². The molecule has 0 aromatic heterocycles. The lowest BCUT2D eigenvalue weighted by Gasteiger charge is -2.09. The lowest BCUT2D eigenvalue weighted by molar-refractivity contribution is -0.387. The zero-order chi connectivity index (χ0) is 15.6. The molecule has 0 saturated heterocycles. The SMILES string of the molecule is O=[N+]([O-])c1cc(NCc2ccc(Br)c(Cl)c2)c(F)cc1F. The quantitative estimate of drug-likeness (QED) is 0.609. The molecule has 0 amide bonds. The van der Waals surface area contributed by atoms with Gasteiger partial charge in [-0.05, 0) is 33.6 Å². The number of nitro groups is 1. The van der Waals surface area contributed by atoms with Gasteiger partial charge in [0, 0.05) is 23.2 Å². The minimum absolute atomic E-state index is 0.151. The van der Waals surface area contributed by atoms with Crippen molar-refractivity contribution in [3.05, 3.63) is 67.1 Å². The predicted octanol–water partition coefficient (Wildman–Crippen LogP) is 4.90. The Kier molecular flexibility index (Phi) is 4.74. The zero-order valence-corrected chi connectivity index (χ0v) is 12.7. The molecule has 0 saturated carbocycles. The number of nitrogens with one attached hydrogen (secondary N) is 1. The van der Waals surface area contributed by atoms with E-state index in [2.05, 4.69) is 21.2 Å². The first-order chi connectivity index (χ1) is 9.88. The normalized spacial score (nSPS) is 10.5. The van der Waals surface area contributed by atoms with Crippen LogP contribution in [0.4, 0.5) is 20.2 Å². The highest BCUT2D eigenvalue weighted by Gasteiger charge is 2.18. The molecule has 1 N–H and O–H groups in total. The van der Waals surface area contributed by atoms with E-state index in [0.29, 0.717) is 11.1 Å². The first-order valence-corrected chi connectivity index (χ1v) is 6.87. The fourth-order valence-electron chi connectivity index (χ4n) is 1.66. The summed E-state index contributed by atoms with van der Waals surface area (Å²) in [6, 6.07) is 6.44. The van der Waals surface area contributed by atoms with E-state index >= 15 is 0 Å². The van der Waals surface area contributed by atoms with Gasteiger partial charge >= 0.3 is 5.69 Å². The maximum absolute atomic E-state index is 13.6. The van der Waals surface area contributed by atoms with Crippen LogP contribution < -0.4 is 5.32 Å². The highest BCUT2D eigenvalue weighted by Crippen LogP contribution is 2.27. The summed E-state index contributed by atoms with van der Waals surface area (Å²) in [4.78, 5) is 9.73. The standard InChI is InChI=1S/C13H8BrClF2N2O2/c14-8-2-1-7(3-9(8)15)6-18-12-5-13(19(20)21)11(17)4-10(12)16/h1-5,18H,6H2. The second-order valence-corrected chi connectivity index (χ2v) is 5.40. The molecule has 0 heterocycles. The van der Waals surface area contributed by atoms with E-state index in [4.69, 9.17) is 11.6 Å². The van der Waals surface area contributed by atoms with Crippen LogP contribution in [0.15, 0.2) is 34.8 Å². The molecule has 2 rings (SSSR count). The van der Waals surface area contributed by atoms with Gasteiger partial charge in [-0.2, -0.15) is 4.39 Å². The molecule has 8 heteroatoms. The van der Waals surface area contributed by atoms with Gasteiger partial charge < -0.3 is 5.32 Å². The van der Waals surface area contributed by atoms with E-state index in [0.717, 1.165) is 16.1 Å². The van der Waals surface area contributed by atoms with E-state index in [-0.39, 0.29) is 12.2 Å². The molecule has 0 unspecified atom stereocenters. The fourth-order valence-corrected chi connectivity index (χ4v) is 2.11. The minimum atomic E-state index is -1.21. The Morgan fingerprint density at radius 1 is 1.24 bits per heavy atom. The van der Waals surface area contributed by atoms with Gasteiger partial charge in [-0.25, -0.2) is 4.39 Å². The van der Waals surface area contributed by atoms with Gasteiger partial charge in [0.25, 0.3) is 0 Å². The van der Waals surface area contributed by atoms with E-state index in [1.165, 1.54) is 0 Å². The van der Waals surface area contributed by atoms with Crippen LogP contribution in [0.2, 0.25) is 5.02 Å². The number of hydrogen-bond donors (Lipinski definition) is 1. The molecule has 0 bridgehead atoms. The summed E-state index contributed by atoms with van der Waals surface area (Å²) in [7, 11) is 0. The second-order valence-electron chi connectivity index (χ2n) is 4.14. The number of anilines is 1. The van der Waals surface area contributed by atoms with Crippen LogP contribution >= 0.6 is 27.5 Å². The maximum Gasteiger partial charge on any atom is 0.307 e. The lowest BCUT2D eigenvalue weighted by atomic mass is 10.2. The Morgan fingerprint density at radius 2 is 1.95 bits per heavy atom. The van der Waals surface area contributed by atoms with Crippen molar-refractivity contribution in [1.29, 1.82) is 0 Å². The molecule has 2 aromatic rings. The molecule has 0 spiro atoms. The van der Waals surface area contributed by atoms with Gasteiger partial charge in [0.2, 0.25) is 5.82 Å². The molecular weight excluding hydrogens is 370 g/mol. The largest absolute Gasteiger partial charge is 0.378 e. The summed E-state index contributed by atoms with van der Waals surface area (Å²) in [5.74, 6) is -2.11. The number of hydrogen-bond acceptors (Lipinski definition) is 3. The van der Waals surface area contributed by atoms with Gasteiger partial charge in [-0.1, -0.05) is 17.7 Å². The van der Waals surface area contributed by atoms with Crippen molar-refractivity contribution in [2.45, 2.75) is 6.54 Å². The van der Waals surface area contributed by atoms with Crippen molar-refractivity contribution in [2.24, 2.45) is 0 Å². The lowest BCUT2D eigenvalue weighted by Crippen LogP contribution is -2.04. The second kappa shape index (κ2) is 6.36. The highest BCUT2D eigenvalue weighted by atomic mass is 79.9. The first-order valence-electron chi connectivity index (χ1n) is 5.69. The molecule has 0 aliphatic heterocycles. The third-order valence-corrected chi connectivity index (χ3v) is 3.93. The predicted molar refractivity (Wildman–Crippen MR) is 79.5 cm³/mol. The summed E-state index contributed by atoms with van der Waals surface area (Å²) in [6.45, 7) is 0.187. The van der Waals surface area contributed by atoms with Crippen molar-refractivity contribution in [3.8, 4) is 0 Å². The molecule has 0 aliphatic carbocycles. The smallest absolute Gasteiger partial charge is 0.307 e. The minimum Gasteiger partial charge on any atom is -0.378 e. The van der Waals surface area contributed by atoms with Crippen LogP contribution in [0.1, 0.15) is 5.56 Å². The Bertz CT molecular complexity index is 713. The summed E-state index contributed by atoms with van der Waals surface area (Å²) < 4.78 is 27.5. The van der Waals surface area contributed by atoms with Crippen molar-refractivity contribution in [1.82, 2.24) is 0 Å². The van der Waals surface area contributed by atoms with Crippen molar-refractivity contribution in [2.75, 3.05) is 5.32 Å². The summed E-state index contributed by atoms with van der Waals surface area (Å²) >= 11 is 9.17. The van der Waals surface area contributed by atoms with E-state index in [1.807, 2.05) is 0 Å². The first kappa shape index (κ1) is 15.7. The number of rotatable bonds is 4. The zero-order valence-electron chi connectivity index (χ0n) is 10.4. The molecule has 0 radical (unpaired) electrons. The summed E-state index contributed by atoms with van der Waals surface area (Å²) in [5.41, 5.74) is -0.190. The average Bonchev–Trinajstić information content (AvgIpc) is 2.41. The van der Waals surface area contributed by atoms with Crippen LogP contribution in [-0.2, 0) is 6.54 Å². The fraction of sp³-hybridized carbons (Fsp3) is 0.0769. The summed E-state index contributed by atoms with van der Waals surface area (Å²) in [5, 5.41) is 13.8. The molecule has 0 aliphatic rings. The Labute approximate surface area is 132 Å². The van der Waals surface area contributed by atoms with Gasteiger partial charge in [0.05, 0.1) is 15.6 Å². The molecule has 0 fully saturated rings. The number of nitrogens with zero attached hydrogens (tertiary/aromatic N) is 1. The highest BCUT2D eigenvalue weighted by molar-refractivity contribution is 9.10. The molecular formula is C13H8BrClF2N2O2. The van der Waals surface area contributed by atoms with E-state index < -0.39 is 22.2 Å². The van der Waals surface area contributed by atoms with Gasteiger partial charge in [0.1, 0.15) is 5.82 Å². The number of halogens is 4. The Balaban J connectivity index is 2.21. The van der Waals surface area contributed by atoms with Crippen LogP contribution in [0, 0.1) is 21.7 Å². The molecule has 0 atom stereocenters. The van der Waals surface area contributed by atoms with E-state index in [1.54, 1.807) is 18.2 Å². The van der Waals surface area contributed by atoms with Crippen molar-refractivity contribution in [3.63, 3.8) is 0 Å². The van der Waals surface area contributed by atoms with Crippen LogP contribution in [-0.4, -0.2) is 4.92 Å².